The maximum Gasteiger partial charge on any atom is 0.217 e. The lowest BCUT2D eigenvalue weighted by Crippen LogP contribution is -2.36. The van der Waals surface area contributed by atoms with Crippen LogP contribution < -0.4 is 10.6 Å². The van der Waals surface area contributed by atoms with Crippen molar-refractivity contribution in [3.8, 4) is 0 Å². The predicted molar refractivity (Wildman–Crippen MR) is 41.7 cm³/mol. The van der Waals surface area contributed by atoms with Gasteiger partial charge in [0, 0.05) is 13.1 Å². The molecule has 2 rings (SSSR count). The molecule has 0 bridgehead atoms. The van der Waals surface area contributed by atoms with E-state index >= 15 is 0 Å². The summed E-state index contributed by atoms with van der Waals surface area (Å²) in [5, 5.41) is 6.28. The summed E-state index contributed by atoms with van der Waals surface area (Å²) in [4.78, 5) is 3.96. The van der Waals surface area contributed by atoms with Crippen LogP contribution in [0.4, 0.5) is 0 Å². The summed E-state index contributed by atoms with van der Waals surface area (Å²) in [7, 11) is 0. The van der Waals surface area contributed by atoms with E-state index in [2.05, 4.69) is 15.6 Å². The third-order valence-electron chi connectivity index (χ3n) is 1.51. The normalized spacial score (nSPS) is 21.1. The average Bonchev–Trinajstić information content (AvgIpc) is 2.28. The zero-order chi connectivity index (χ0) is 7.52. The largest absolute Gasteiger partial charge is 0.445 e. The first-order chi connectivity index (χ1) is 5.47. The van der Waals surface area contributed by atoms with Crippen molar-refractivity contribution < 1.29 is 4.74 Å². The Morgan fingerprint density at radius 1 is 1.36 bits per heavy atom. The Hall–Kier alpha value is -1.45. The molecule has 0 unspecified atom stereocenters. The van der Waals surface area contributed by atoms with Crippen LogP contribution >= 0.6 is 0 Å². The monoisotopic (exact) mass is 151 g/mol. The SMILES string of the molecule is C1=COC2=C(C=N1)NCCN2. The Bertz CT molecular complexity index is 242. The number of hydrogen-bond acceptors (Lipinski definition) is 4. The van der Waals surface area contributed by atoms with E-state index in [1.807, 2.05) is 0 Å². The maximum atomic E-state index is 5.21. The van der Waals surface area contributed by atoms with Gasteiger partial charge < -0.3 is 15.4 Å². The molecule has 0 aromatic carbocycles. The molecule has 11 heavy (non-hydrogen) atoms. The molecule has 0 atom stereocenters. The molecular weight excluding hydrogens is 142 g/mol. The van der Waals surface area contributed by atoms with E-state index in [1.165, 1.54) is 0 Å². The molecule has 0 aliphatic carbocycles. The molecule has 0 aromatic rings. The van der Waals surface area contributed by atoms with Crippen molar-refractivity contribution in [3.63, 3.8) is 0 Å². The Morgan fingerprint density at radius 2 is 2.27 bits per heavy atom. The first kappa shape index (κ1) is 6.27. The highest BCUT2D eigenvalue weighted by Crippen LogP contribution is 2.05. The van der Waals surface area contributed by atoms with Crippen LogP contribution in [0.5, 0.6) is 0 Å². The van der Waals surface area contributed by atoms with Gasteiger partial charge in [-0.15, -0.1) is 0 Å². The molecule has 0 spiro atoms. The second kappa shape index (κ2) is 2.65. The van der Waals surface area contributed by atoms with Gasteiger partial charge in [-0.05, 0) is 0 Å². The van der Waals surface area contributed by atoms with Gasteiger partial charge in [0.25, 0.3) is 0 Å². The molecule has 0 fully saturated rings. The van der Waals surface area contributed by atoms with E-state index in [9.17, 15) is 0 Å². The maximum absolute atomic E-state index is 5.21. The van der Waals surface area contributed by atoms with Crippen molar-refractivity contribution in [2.75, 3.05) is 13.1 Å². The smallest absolute Gasteiger partial charge is 0.217 e. The van der Waals surface area contributed by atoms with Crippen LogP contribution in [0.2, 0.25) is 0 Å². The molecule has 0 amide bonds. The minimum absolute atomic E-state index is 0.758. The Labute approximate surface area is 64.6 Å². The molecular formula is C7H9N3O. The van der Waals surface area contributed by atoms with Crippen LogP contribution in [-0.4, -0.2) is 19.3 Å². The molecule has 2 aliphatic heterocycles. The lowest BCUT2D eigenvalue weighted by atomic mass is 10.4. The van der Waals surface area contributed by atoms with E-state index in [1.54, 1.807) is 18.7 Å². The first-order valence-corrected chi connectivity index (χ1v) is 3.54. The van der Waals surface area contributed by atoms with Crippen LogP contribution in [0, 0.1) is 0 Å². The van der Waals surface area contributed by atoms with Crippen LogP contribution in [0.25, 0.3) is 0 Å². The molecule has 58 valence electrons. The van der Waals surface area contributed by atoms with E-state index in [-0.39, 0.29) is 0 Å². The summed E-state index contributed by atoms with van der Waals surface area (Å²) >= 11 is 0. The summed E-state index contributed by atoms with van der Waals surface area (Å²) in [6.45, 7) is 1.80. The zero-order valence-corrected chi connectivity index (χ0v) is 6.00. The van der Waals surface area contributed by atoms with Crippen LogP contribution in [0.3, 0.4) is 0 Å². The average molecular weight is 151 g/mol. The van der Waals surface area contributed by atoms with Crippen molar-refractivity contribution in [1.82, 2.24) is 10.6 Å². The van der Waals surface area contributed by atoms with Gasteiger partial charge >= 0.3 is 0 Å². The zero-order valence-electron chi connectivity index (χ0n) is 6.00. The summed E-state index contributed by atoms with van der Waals surface area (Å²) in [6, 6.07) is 0. The van der Waals surface area contributed by atoms with E-state index in [0.717, 1.165) is 24.7 Å². The molecule has 2 heterocycles. The highest BCUT2D eigenvalue weighted by atomic mass is 16.5. The number of hydrogen-bond donors (Lipinski definition) is 2. The highest BCUT2D eigenvalue weighted by molar-refractivity contribution is 5.79. The van der Waals surface area contributed by atoms with E-state index < -0.39 is 0 Å². The van der Waals surface area contributed by atoms with E-state index in [0.29, 0.717) is 0 Å². The lowest BCUT2D eigenvalue weighted by molar-refractivity contribution is 0.300. The molecule has 2 N–H and O–H groups in total. The van der Waals surface area contributed by atoms with Gasteiger partial charge in [-0.25, -0.2) is 0 Å². The summed E-state index contributed by atoms with van der Waals surface area (Å²) < 4.78 is 5.21. The first-order valence-electron chi connectivity index (χ1n) is 3.54. The highest BCUT2D eigenvalue weighted by Gasteiger charge is 2.10. The van der Waals surface area contributed by atoms with Crippen molar-refractivity contribution >= 4 is 6.21 Å². The van der Waals surface area contributed by atoms with Gasteiger partial charge in [-0.2, -0.15) is 0 Å². The Kier molecular flexibility index (Phi) is 1.51. The topological polar surface area (TPSA) is 45.6 Å². The van der Waals surface area contributed by atoms with Crippen LogP contribution in [-0.2, 0) is 4.74 Å². The van der Waals surface area contributed by atoms with E-state index in [4.69, 9.17) is 4.74 Å². The third kappa shape index (κ3) is 1.19. The van der Waals surface area contributed by atoms with Gasteiger partial charge in [0.2, 0.25) is 5.88 Å². The fraction of sp³-hybridized carbons (Fsp3) is 0.286. The minimum atomic E-state index is 0.758. The minimum Gasteiger partial charge on any atom is -0.445 e. The third-order valence-corrected chi connectivity index (χ3v) is 1.51. The fourth-order valence-electron chi connectivity index (χ4n) is 1.01. The van der Waals surface area contributed by atoms with Crippen molar-refractivity contribution in [3.05, 3.63) is 24.0 Å². The van der Waals surface area contributed by atoms with Gasteiger partial charge in [0.05, 0.1) is 12.4 Å². The Balaban J connectivity index is 2.26. The van der Waals surface area contributed by atoms with Crippen LogP contribution in [0.15, 0.2) is 29.0 Å². The number of nitrogens with zero attached hydrogens (tertiary/aromatic N) is 1. The molecule has 0 radical (unpaired) electrons. The fourth-order valence-corrected chi connectivity index (χ4v) is 1.01. The van der Waals surface area contributed by atoms with Gasteiger partial charge in [-0.1, -0.05) is 0 Å². The van der Waals surface area contributed by atoms with Crippen molar-refractivity contribution in [2.24, 2.45) is 4.99 Å². The molecule has 2 aliphatic rings. The van der Waals surface area contributed by atoms with Crippen LogP contribution in [0.1, 0.15) is 0 Å². The standard InChI is InChI=1S/C7H9N3O/c1-2-10-7-6(9-1)5-8-3-4-11-7/h3-5,9-10H,1-2H2. The second-order valence-corrected chi connectivity index (χ2v) is 2.28. The summed E-state index contributed by atoms with van der Waals surface area (Å²) in [6.07, 6.45) is 4.91. The number of ether oxygens (including phenoxy) is 1. The van der Waals surface area contributed by atoms with Gasteiger partial charge in [-0.3, -0.25) is 4.99 Å². The molecule has 4 nitrogen and oxygen atoms in total. The number of allylic oxidation sites excluding steroid dienone is 1. The summed E-state index contributed by atoms with van der Waals surface area (Å²) in [5.41, 5.74) is 0.918. The number of aliphatic imine (C=N–C) groups is 1. The lowest BCUT2D eigenvalue weighted by Gasteiger charge is -2.18. The molecule has 0 saturated carbocycles. The van der Waals surface area contributed by atoms with Gasteiger partial charge in [0.15, 0.2) is 0 Å². The van der Waals surface area contributed by atoms with Crippen molar-refractivity contribution in [1.29, 1.82) is 0 Å². The molecule has 0 saturated heterocycles. The van der Waals surface area contributed by atoms with Crippen molar-refractivity contribution in [2.45, 2.75) is 0 Å². The number of nitrogens with one attached hydrogen (secondary N) is 2. The predicted octanol–water partition coefficient (Wildman–Crippen LogP) is -0.0795. The van der Waals surface area contributed by atoms with Gasteiger partial charge in [0.1, 0.15) is 12.0 Å². The second-order valence-electron chi connectivity index (χ2n) is 2.28. The molecule has 0 aromatic heterocycles. The number of rotatable bonds is 0. The molecule has 4 heteroatoms. The summed E-state index contributed by atoms with van der Waals surface area (Å²) in [5.74, 6) is 0.758. The quantitative estimate of drug-likeness (QED) is 0.509. The Morgan fingerprint density at radius 3 is 3.27 bits per heavy atom.